The van der Waals surface area contributed by atoms with Crippen LogP contribution in [-0.2, 0) is 0 Å². The van der Waals surface area contributed by atoms with Crippen molar-refractivity contribution in [2.45, 2.75) is 39.7 Å². The van der Waals surface area contributed by atoms with E-state index in [0.717, 1.165) is 6.04 Å². The summed E-state index contributed by atoms with van der Waals surface area (Å²) in [6.07, 6.45) is 2.87. The molecule has 1 atom stereocenters. The summed E-state index contributed by atoms with van der Waals surface area (Å²) >= 11 is 0. The third-order valence-corrected chi connectivity index (χ3v) is 3.12. The average Bonchev–Trinajstić information content (AvgIpc) is 2.67. The first-order chi connectivity index (χ1) is 6.40. The normalized spacial score (nSPS) is 29.3. The van der Waals surface area contributed by atoms with Gasteiger partial charge in [-0.3, -0.25) is 4.90 Å². The van der Waals surface area contributed by atoms with Gasteiger partial charge in [-0.05, 0) is 25.9 Å². The first-order valence-electron chi connectivity index (χ1n) is 5.86. The molecule has 13 heavy (non-hydrogen) atoms. The van der Waals surface area contributed by atoms with Gasteiger partial charge in [0.2, 0.25) is 0 Å². The van der Waals surface area contributed by atoms with Gasteiger partial charge in [0.25, 0.3) is 0 Å². The second kappa shape index (κ2) is 5.61. The molecule has 0 amide bonds. The Kier molecular flexibility index (Phi) is 4.74. The lowest BCUT2D eigenvalue weighted by molar-refractivity contribution is 0.109. The molecule has 0 radical (unpaired) electrons. The van der Waals surface area contributed by atoms with Crippen molar-refractivity contribution in [3.8, 4) is 0 Å². The number of rotatable bonds is 1. The van der Waals surface area contributed by atoms with Gasteiger partial charge >= 0.3 is 0 Å². The smallest absolute Gasteiger partial charge is 0.0224 e. The van der Waals surface area contributed by atoms with E-state index in [4.69, 9.17) is 0 Å². The van der Waals surface area contributed by atoms with Crippen molar-refractivity contribution >= 4 is 0 Å². The highest BCUT2D eigenvalue weighted by Gasteiger charge is 2.29. The molecule has 2 fully saturated rings. The van der Waals surface area contributed by atoms with Crippen molar-refractivity contribution < 1.29 is 0 Å². The van der Waals surface area contributed by atoms with Crippen molar-refractivity contribution in [1.29, 1.82) is 0 Å². The summed E-state index contributed by atoms with van der Waals surface area (Å²) in [5.41, 5.74) is 0. The summed E-state index contributed by atoms with van der Waals surface area (Å²) in [5.74, 6) is 0. The van der Waals surface area contributed by atoms with Gasteiger partial charge in [0.05, 0.1) is 0 Å². The maximum absolute atomic E-state index is 2.66. The molecular formula is C11H24N2. The largest absolute Gasteiger partial charge is 0.301 e. The second-order valence-corrected chi connectivity index (χ2v) is 3.73. The van der Waals surface area contributed by atoms with Crippen LogP contribution in [0.4, 0.5) is 0 Å². The molecule has 2 heterocycles. The zero-order chi connectivity index (χ0) is 9.68. The molecule has 0 unspecified atom stereocenters. The molecule has 2 rings (SSSR count). The van der Waals surface area contributed by atoms with E-state index in [2.05, 4.69) is 16.7 Å². The quantitative estimate of drug-likeness (QED) is 0.613. The van der Waals surface area contributed by atoms with Gasteiger partial charge in [-0.2, -0.15) is 0 Å². The number of piperazine rings is 1. The summed E-state index contributed by atoms with van der Waals surface area (Å²) in [5, 5.41) is 0. The van der Waals surface area contributed by atoms with E-state index >= 15 is 0 Å². The minimum Gasteiger partial charge on any atom is -0.301 e. The topological polar surface area (TPSA) is 6.48 Å². The Morgan fingerprint density at radius 1 is 1.15 bits per heavy atom. The van der Waals surface area contributed by atoms with Gasteiger partial charge in [0, 0.05) is 25.7 Å². The lowest BCUT2D eigenvalue weighted by Gasteiger charge is -2.36. The summed E-state index contributed by atoms with van der Waals surface area (Å²) in [6, 6.07) is 0.906. The van der Waals surface area contributed by atoms with Crippen molar-refractivity contribution in [1.82, 2.24) is 9.80 Å². The lowest BCUT2D eigenvalue weighted by Crippen LogP contribution is -2.49. The van der Waals surface area contributed by atoms with Crippen molar-refractivity contribution in [2.24, 2.45) is 0 Å². The fourth-order valence-corrected chi connectivity index (χ4v) is 2.34. The molecule has 78 valence electrons. The molecule has 2 aliphatic heterocycles. The van der Waals surface area contributed by atoms with Crippen LogP contribution in [0, 0.1) is 0 Å². The standard InChI is InChI=1S/C9H18N2.C2H6/c1-2-10-6-7-11-5-3-4-9(11)8-10;1-2/h9H,2-8H2,1H3;1-2H3/t9-;/m0./s1. The molecule has 2 nitrogen and oxygen atoms in total. The van der Waals surface area contributed by atoms with Crippen LogP contribution in [0.5, 0.6) is 0 Å². The monoisotopic (exact) mass is 184 g/mol. The number of nitrogens with zero attached hydrogens (tertiary/aromatic N) is 2. The third kappa shape index (κ3) is 2.68. The van der Waals surface area contributed by atoms with Gasteiger partial charge in [-0.1, -0.05) is 20.8 Å². The van der Waals surface area contributed by atoms with Crippen LogP contribution < -0.4 is 0 Å². The van der Waals surface area contributed by atoms with Gasteiger partial charge in [0.15, 0.2) is 0 Å². The molecule has 2 heteroatoms. The predicted molar refractivity (Wildman–Crippen MR) is 58.1 cm³/mol. The minimum absolute atomic E-state index is 0.906. The Hall–Kier alpha value is -0.0800. The summed E-state index contributed by atoms with van der Waals surface area (Å²) in [4.78, 5) is 5.23. The molecule has 0 N–H and O–H groups in total. The van der Waals surface area contributed by atoms with E-state index in [9.17, 15) is 0 Å². The zero-order valence-electron chi connectivity index (χ0n) is 9.42. The van der Waals surface area contributed by atoms with Crippen molar-refractivity contribution in [3.05, 3.63) is 0 Å². The molecule has 0 bridgehead atoms. The Morgan fingerprint density at radius 2 is 1.92 bits per heavy atom. The maximum Gasteiger partial charge on any atom is 0.0224 e. The zero-order valence-corrected chi connectivity index (χ0v) is 9.42. The van der Waals surface area contributed by atoms with E-state index in [1.165, 1.54) is 45.6 Å². The lowest BCUT2D eigenvalue weighted by atomic mass is 10.1. The van der Waals surface area contributed by atoms with Crippen LogP contribution in [0.3, 0.4) is 0 Å². The van der Waals surface area contributed by atoms with Crippen LogP contribution in [-0.4, -0.2) is 48.6 Å². The van der Waals surface area contributed by atoms with Crippen LogP contribution in [0.25, 0.3) is 0 Å². The molecule has 0 aromatic rings. The fraction of sp³-hybridized carbons (Fsp3) is 1.00. The van der Waals surface area contributed by atoms with Crippen LogP contribution >= 0.6 is 0 Å². The number of fused-ring (bicyclic) bond motifs is 1. The summed E-state index contributed by atoms with van der Waals surface area (Å²) < 4.78 is 0. The Balaban J connectivity index is 0.000000396. The molecule has 0 aliphatic carbocycles. The Morgan fingerprint density at radius 3 is 2.62 bits per heavy atom. The Bertz CT molecular complexity index is 136. The summed E-state index contributed by atoms with van der Waals surface area (Å²) in [6.45, 7) is 12.8. The van der Waals surface area contributed by atoms with E-state index < -0.39 is 0 Å². The van der Waals surface area contributed by atoms with Crippen molar-refractivity contribution in [2.75, 3.05) is 32.7 Å². The second-order valence-electron chi connectivity index (χ2n) is 3.73. The number of hydrogen-bond donors (Lipinski definition) is 0. The molecule has 0 aromatic heterocycles. The molecule has 2 saturated heterocycles. The predicted octanol–water partition coefficient (Wildman–Crippen LogP) is 1.81. The van der Waals surface area contributed by atoms with Gasteiger partial charge in [-0.15, -0.1) is 0 Å². The van der Waals surface area contributed by atoms with E-state index in [0.29, 0.717) is 0 Å². The van der Waals surface area contributed by atoms with Gasteiger partial charge < -0.3 is 4.90 Å². The molecular weight excluding hydrogens is 160 g/mol. The van der Waals surface area contributed by atoms with Crippen LogP contribution in [0.15, 0.2) is 0 Å². The minimum atomic E-state index is 0.906. The number of likely N-dealkylation sites (N-methyl/N-ethyl adjacent to an activating group) is 1. The molecule has 0 spiro atoms. The third-order valence-electron chi connectivity index (χ3n) is 3.12. The highest BCUT2D eigenvalue weighted by atomic mass is 15.3. The average molecular weight is 184 g/mol. The van der Waals surface area contributed by atoms with Gasteiger partial charge in [0.1, 0.15) is 0 Å². The van der Waals surface area contributed by atoms with E-state index in [1.807, 2.05) is 13.8 Å². The van der Waals surface area contributed by atoms with Crippen LogP contribution in [0.1, 0.15) is 33.6 Å². The van der Waals surface area contributed by atoms with Crippen molar-refractivity contribution in [3.63, 3.8) is 0 Å². The molecule has 2 aliphatic rings. The van der Waals surface area contributed by atoms with E-state index in [1.54, 1.807) is 0 Å². The molecule has 0 saturated carbocycles. The maximum atomic E-state index is 2.66. The fourth-order valence-electron chi connectivity index (χ4n) is 2.34. The SMILES string of the molecule is CC.CCN1CCN2CCC[C@H]2C1. The Labute approximate surface area is 82.9 Å². The van der Waals surface area contributed by atoms with Crippen LogP contribution in [0.2, 0.25) is 0 Å². The van der Waals surface area contributed by atoms with Gasteiger partial charge in [-0.25, -0.2) is 0 Å². The highest BCUT2D eigenvalue weighted by Crippen LogP contribution is 2.20. The first kappa shape index (κ1) is 11.0. The van der Waals surface area contributed by atoms with E-state index in [-0.39, 0.29) is 0 Å². The number of hydrogen-bond acceptors (Lipinski definition) is 2. The summed E-state index contributed by atoms with van der Waals surface area (Å²) in [7, 11) is 0. The first-order valence-corrected chi connectivity index (χ1v) is 5.86. The molecule has 0 aromatic carbocycles. The highest BCUT2D eigenvalue weighted by molar-refractivity contribution is 4.86.